The van der Waals surface area contributed by atoms with Gasteiger partial charge >= 0.3 is 0 Å². The topological polar surface area (TPSA) is 26.3 Å². The maximum atomic E-state index is 14.1. The van der Waals surface area contributed by atoms with E-state index in [-0.39, 0.29) is 6.10 Å². The van der Waals surface area contributed by atoms with Crippen molar-refractivity contribution < 1.29 is 9.09 Å². The van der Waals surface area contributed by atoms with Crippen molar-refractivity contribution in [3.8, 4) is 0 Å². The molecule has 0 aromatic heterocycles. The maximum absolute atomic E-state index is 14.1. The lowest BCUT2D eigenvalue weighted by atomic mass is 10.0. The Hall–Kier alpha value is -2.19. The average Bonchev–Trinajstić information content (AvgIpc) is 2.74. The molecule has 4 aromatic carbocycles. The largest absolute Gasteiger partial charge is 0.314 e. The van der Waals surface area contributed by atoms with E-state index >= 15 is 0 Å². The molecule has 0 aliphatic rings. The fraction of sp³-hybridized carbons (Fsp3) is 0.0833. The minimum Gasteiger partial charge on any atom is -0.314 e. The van der Waals surface area contributed by atoms with Gasteiger partial charge in [-0.15, -0.1) is 0 Å². The van der Waals surface area contributed by atoms with Gasteiger partial charge in [-0.1, -0.05) is 76.6 Å². The Balaban J connectivity index is 1.78. The number of rotatable bonds is 5. The molecule has 0 bridgehead atoms. The van der Waals surface area contributed by atoms with E-state index in [1.807, 2.05) is 79.7 Å². The zero-order chi connectivity index (χ0) is 19.6. The summed E-state index contributed by atoms with van der Waals surface area (Å²) in [4.78, 5) is 0. The lowest BCUT2D eigenvalue weighted by Gasteiger charge is -2.24. The Labute approximate surface area is 173 Å². The number of hydrogen-bond donors (Lipinski definition) is 0. The number of benzene rings is 4. The fourth-order valence-corrected chi connectivity index (χ4v) is 6.25. The quantitative estimate of drug-likeness (QED) is 0.319. The van der Waals surface area contributed by atoms with Crippen LogP contribution in [-0.4, -0.2) is 0 Å². The minimum absolute atomic E-state index is 0.356. The van der Waals surface area contributed by atoms with E-state index in [1.54, 1.807) is 0 Å². The third-order valence-corrected chi connectivity index (χ3v) is 8.06. The molecule has 1 unspecified atom stereocenters. The Bertz CT molecular complexity index is 1100. The van der Waals surface area contributed by atoms with Crippen LogP contribution in [0.4, 0.5) is 0 Å². The Morgan fingerprint density at radius 1 is 0.750 bits per heavy atom. The first-order valence-corrected chi connectivity index (χ1v) is 11.6. The molecule has 0 N–H and O–H groups in total. The van der Waals surface area contributed by atoms with Crippen LogP contribution in [0.2, 0.25) is 0 Å². The maximum Gasteiger partial charge on any atom is 0.261 e. The molecule has 0 amide bonds. The molecular weight excluding hydrogens is 431 g/mol. The van der Waals surface area contributed by atoms with Crippen LogP contribution in [0.1, 0.15) is 18.6 Å². The summed E-state index contributed by atoms with van der Waals surface area (Å²) < 4.78 is 21.4. The highest BCUT2D eigenvalue weighted by Gasteiger charge is 2.31. The van der Waals surface area contributed by atoms with Crippen LogP contribution in [0.15, 0.2) is 102 Å². The SMILES string of the molecule is CC(OP(=O)(c1ccccc1)c1ccccc1)c1cc2ccccc2cc1Br. The Morgan fingerprint density at radius 2 is 1.21 bits per heavy atom. The Kier molecular flexibility index (Phi) is 5.50. The summed E-state index contributed by atoms with van der Waals surface area (Å²) in [5.41, 5.74) is 0.978. The molecule has 0 aliphatic heterocycles. The molecular formula is C24H20BrO2P. The van der Waals surface area contributed by atoms with Crippen LogP contribution in [0, 0.1) is 0 Å². The molecule has 4 aromatic rings. The van der Waals surface area contributed by atoms with Crippen molar-refractivity contribution in [1.29, 1.82) is 0 Å². The summed E-state index contributed by atoms with van der Waals surface area (Å²) >= 11 is 3.67. The molecule has 28 heavy (non-hydrogen) atoms. The van der Waals surface area contributed by atoms with Gasteiger partial charge in [-0.25, -0.2) is 0 Å². The van der Waals surface area contributed by atoms with E-state index < -0.39 is 7.37 Å². The molecule has 0 heterocycles. The zero-order valence-electron chi connectivity index (χ0n) is 15.5. The van der Waals surface area contributed by atoms with E-state index in [9.17, 15) is 4.57 Å². The minimum atomic E-state index is -3.25. The molecule has 0 fully saturated rings. The van der Waals surface area contributed by atoms with E-state index in [2.05, 4.69) is 40.2 Å². The first kappa shape index (κ1) is 19.1. The Morgan fingerprint density at radius 3 is 1.75 bits per heavy atom. The van der Waals surface area contributed by atoms with Crippen LogP contribution in [0.25, 0.3) is 10.8 Å². The first-order valence-electron chi connectivity index (χ1n) is 9.16. The lowest BCUT2D eigenvalue weighted by molar-refractivity contribution is 0.238. The van der Waals surface area contributed by atoms with Gasteiger partial charge in [-0.2, -0.15) is 0 Å². The van der Waals surface area contributed by atoms with Crippen molar-refractivity contribution in [3.63, 3.8) is 0 Å². The number of fused-ring (bicyclic) bond motifs is 1. The second-order valence-corrected chi connectivity index (χ2v) is 9.89. The van der Waals surface area contributed by atoms with Gasteiger partial charge in [0.05, 0.1) is 6.10 Å². The summed E-state index contributed by atoms with van der Waals surface area (Å²) in [7, 11) is -3.25. The fourth-order valence-electron chi connectivity index (χ4n) is 3.34. The molecule has 140 valence electrons. The van der Waals surface area contributed by atoms with Crippen LogP contribution in [0.5, 0.6) is 0 Å². The van der Waals surface area contributed by atoms with Crippen LogP contribution < -0.4 is 10.6 Å². The summed E-state index contributed by atoms with van der Waals surface area (Å²) in [5.74, 6) is 0. The molecule has 4 heteroatoms. The first-order chi connectivity index (χ1) is 13.6. The summed E-state index contributed by atoms with van der Waals surface area (Å²) in [6.45, 7) is 1.95. The molecule has 0 saturated carbocycles. The average molecular weight is 451 g/mol. The van der Waals surface area contributed by atoms with Crippen molar-refractivity contribution in [2.24, 2.45) is 0 Å². The van der Waals surface area contributed by atoms with Gasteiger partial charge in [0.25, 0.3) is 7.37 Å². The molecule has 0 spiro atoms. The summed E-state index contributed by atoms with van der Waals surface area (Å²) in [6.07, 6.45) is -0.356. The van der Waals surface area contributed by atoms with Crippen molar-refractivity contribution >= 4 is 44.7 Å². The monoisotopic (exact) mass is 450 g/mol. The summed E-state index contributed by atoms with van der Waals surface area (Å²) in [5, 5.41) is 3.68. The smallest absolute Gasteiger partial charge is 0.261 e. The van der Waals surface area contributed by atoms with Gasteiger partial charge in [0.15, 0.2) is 0 Å². The van der Waals surface area contributed by atoms with Crippen LogP contribution in [0.3, 0.4) is 0 Å². The third-order valence-electron chi connectivity index (χ3n) is 4.80. The van der Waals surface area contributed by atoms with Crippen molar-refractivity contribution in [1.82, 2.24) is 0 Å². The highest BCUT2D eigenvalue weighted by atomic mass is 79.9. The van der Waals surface area contributed by atoms with E-state index in [0.717, 1.165) is 20.8 Å². The second-order valence-electron chi connectivity index (χ2n) is 6.69. The van der Waals surface area contributed by atoms with E-state index in [1.165, 1.54) is 0 Å². The van der Waals surface area contributed by atoms with Crippen molar-refractivity contribution in [3.05, 3.63) is 107 Å². The highest BCUT2D eigenvalue weighted by molar-refractivity contribution is 9.10. The van der Waals surface area contributed by atoms with Gasteiger partial charge in [0.1, 0.15) is 0 Å². The lowest BCUT2D eigenvalue weighted by Crippen LogP contribution is -2.19. The van der Waals surface area contributed by atoms with Crippen molar-refractivity contribution in [2.45, 2.75) is 13.0 Å². The molecule has 2 nitrogen and oxygen atoms in total. The van der Waals surface area contributed by atoms with Crippen LogP contribution >= 0.6 is 23.3 Å². The third kappa shape index (κ3) is 3.71. The molecule has 4 rings (SSSR count). The summed E-state index contributed by atoms with van der Waals surface area (Å²) in [6, 6.07) is 31.3. The second kappa shape index (κ2) is 8.05. The highest BCUT2D eigenvalue weighted by Crippen LogP contribution is 2.49. The normalized spacial score (nSPS) is 12.8. The molecule has 0 saturated heterocycles. The van der Waals surface area contributed by atoms with Gasteiger partial charge in [-0.3, -0.25) is 4.57 Å². The predicted molar refractivity (Wildman–Crippen MR) is 121 cm³/mol. The van der Waals surface area contributed by atoms with E-state index in [4.69, 9.17) is 4.52 Å². The van der Waals surface area contributed by atoms with Gasteiger partial charge in [0, 0.05) is 15.1 Å². The number of hydrogen-bond acceptors (Lipinski definition) is 2. The molecule has 0 radical (unpaired) electrons. The van der Waals surface area contributed by atoms with Gasteiger partial charge < -0.3 is 4.52 Å². The van der Waals surface area contributed by atoms with Crippen LogP contribution in [-0.2, 0) is 9.09 Å². The number of halogens is 1. The standard InChI is InChI=1S/C24H20BrO2P/c1-18(23-16-19-10-8-9-11-20(19)17-24(23)25)27-28(26,21-12-4-2-5-13-21)22-14-6-3-7-15-22/h2-18H,1H3. The predicted octanol–water partition coefficient (Wildman–Crippen LogP) is 6.61. The molecule has 1 atom stereocenters. The van der Waals surface area contributed by atoms with Gasteiger partial charge in [-0.05, 0) is 59.7 Å². The van der Waals surface area contributed by atoms with Crippen molar-refractivity contribution in [2.75, 3.05) is 0 Å². The van der Waals surface area contributed by atoms with E-state index in [0.29, 0.717) is 10.6 Å². The van der Waals surface area contributed by atoms with Gasteiger partial charge in [0.2, 0.25) is 0 Å². The molecule has 0 aliphatic carbocycles. The zero-order valence-corrected chi connectivity index (χ0v) is 17.9.